The van der Waals surface area contributed by atoms with Gasteiger partial charge in [-0.15, -0.1) is 0 Å². The molecule has 0 aromatic heterocycles. The van der Waals surface area contributed by atoms with Crippen molar-refractivity contribution in [2.75, 3.05) is 6.61 Å². The number of amides is 1. The van der Waals surface area contributed by atoms with Gasteiger partial charge in [-0.1, -0.05) is 219 Å². The van der Waals surface area contributed by atoms with Crippen LogP contribution in [-0.4, -0.2) is 46.1 Å². The molecule has 0 radical (unpaired) electrons. The first-order valence-corrected chi connectivity index (χ1v) is 22.0. The minimum absolute atomic E-state index is 0.315. The molecule has 0 aliphatic heterocycles. The Morgan fingerprint density at radius 1 is 0.469 bits per heavy atom. The Hall–Kier alpha value is -0.910. The van der Waals surface area contributed by atoms with Crippen LogP contribution < -0.4 is 5.32 Å². The summed E-state index contributed by atoms with van der Waals surface area (Å²) in [7, 11) is 0. The molecule has 3 unspecified atom stereocenters. The first-order valence-electron chi connectivity index (χ1n) is 22.0. The van der Waals surface area contributed by atoms with E-state index in [1.165, 1.54) is 167 Å². The number of carbonyl (C=O) groups excluding carboxylic acids is 1. The van der Waals surface area contributed by atoms with Crippen molar-refractivity contribution in [2.24, 2.45) is 0 Å². The molecule has 3 atom stereocenters. The molecule has 0 spiro atoms. The van der Waals surface area contributed by atoms with Crippen LogP contribution in [0.4, 0.5) is 0 Å². The Balaban J connectivity index is 3.52. The minimum Gasteiger partial charge on any atom is -0.394 e. The number of unbranched alkanes of at least 4 members (excludes halogenated alkanes) is 30. The summed E-state index contributed by atoms with van der Waals surface area (Å²) in [5, 5.41) is 33.2. The normalized spacial score (nSPS) is 13.7. The largest absolute Gasteiger partial charge is 0.394 e. The summed E-state index contributed by atoms with van der Waals surface area (Å²) in [4.78, 5) is 12.4. The number of hydrogen-bond acceptors (Lipinski definition) is 4. The lowest BCUT2D eigenvalue weighted by Gasteiger charge is -2.23. The van der Waals surface area contributed by atoms with Gasteiger partial charge < -0.3 is 20.6 Å². The van der Waals surface area contributed by atoms with Gasteiger partial charge in [-0.2, -0.15) is 0 Å². The van der Waals surface area contributed by atoms with Gasteiger partial charge in [-0.25, -0.2) is 0 Å². The molecular formula is C44H87NO4. The highest BCUT2D eigenvalue weighted by atomic mass is 16.3. The van der Waals surface area contributed by atoms with Gasteiger partial charge in [0.2, 0.25) is 5.91 Å². The first kappa shape index (κ1) is 48.1. The van der Waals surface area contributed by atoms with Gasteiger partial charge in [-0.05, 0) is 32.1 Å². The van der Waals surface area contributed by atoms with Crippen LogP contribution in [0.25, 0.3) is 0 Å². The lowest BCUT2D eigenvalue weighted by molar-refractivity contribution is -0.131. The molecule has 0 bridgehead atoms. The van der Waals surface area contributed by atoms with Crippen molar-refractivity contribution in [3.63, 3.8) is 0 Å². The summed E-state index contributed by atoms with van der Waals surface area (Å²) < 4.78 is 0. The highest BCUT2D eigenvalue weighted by Gasteiger charge is 2.23. The van der Waals surface area contributed by atoms with Crippen LogP contribution in [0.3, 0.4) is 0 Å². The Labute approximate surface area is 306 Å². The first-order chi connectivity index (χ1) is 24.1. The fourth-order valence-electron chi connectivity index (χ4n) is 6.88. The van der Waals surface area contributed by atoms with E-state index in [4.69, 9.17) is 0 Å². The molecule has 0 fully saturated rings. The zero-order valence-electron chi connectivity index (χ0n) is 33.1. The Morgan fingerprint density at radius 3 is 1.18 bits per heavy atom. The summed E-state index contributed by atoms with van der Waals surface area (Å²) in [5.41, 5.74) is 0. The van der Waals surface area contributed by atoms with Gasteiger partial charge in [0.15, 0.2) is 0 Å². The fraction of sp³-hybridized carbons (Fsp3) is 0.932. The summed E-state index contributed by atoms with van der Waals surface area (Å²) >= 11 is 0. The van der Waals surface area contributed by atoms with E-state index < -0.39 is 24.2 Å². The topological polar surface area (TPSA) is 89.8 Å². The summed E-state index contributed by atoms with van der Waals surface area (Å²) in [6.07, 6.45) is 46.6. The fourth-order valence-corrected chi connectivity index (χ4v) is 6.88. The maximum absolute atomic E-state index is 12.4. The molecule has 292 valence electrons. The molecule has 0 rings (SSSR count). The predicted octanol–water partition coefficient (Wildman–Crippen LogP) is 12.4. The summed E-state index contributed by atoms with van der Waals surface area (Å²) in [6.45, 7) is 4.19. The van der Waals surface area contributed by atoms with Crippen LogP contribution in [0.2, 0.25) is 0 Å². The lowest BCUT2D eigenvalue weighted by Crippen LogP contribution is -2.49. The number of carbonyl (C=O) groups is 1. The molecule has 4 N–H and O–H groups in total. The van der Waals surface area contributed by atoms with E-state index in [0.29, 0.717) is 12.8 Å². The lowest BCUT2D eigenvalue weighted by atomic mass is 10.0. The molecule has 0 aromatic carbocycles. The third kappa shape index (κ3) is 35.3. The predicted molar refractivity (Wildman–Crippen MR) is 213 cm³/mol. The van der Waals surface area contributed by atoms with E-state index in [1.807, 2.05) is 0 Å². The third-order valence-electron chi connectivity index (χ3n) is 10.4. The quantitative estimate of drug-likeness (QED) is 0.0380. The second kappa shape index (κ2) is 39.9. The molecular weight excluding hydrogens is 606 g/mol. The van der Waals surface area contributed by atoms with E-state index in [-0.39, 0.29) is 6.61 Å². The van der Waals surface area contributed by atoms with E-state index in [0.717, 1.165) is 44.9 Å². The Bertz CT molecular complexity index is 684. The molecule has 1 amide bonds. The SMILES string of the molecule is CCCC/C=C\CCCCCCC(O)C(=O)NC(CO)C(O)CCCCCCCCCCCCCCCCCCCCCCCCCCC. The van der Waals surface area contributed by atoms with Crippen LogP contribution in [0.5, 0.6) is 0 Å². The van der Waals surface area contributed by atoms with Gasteiger partial charge in [0, 0.05) is 0 Å². The average molecular weight is 694 g/mol. The van der Waals surface area contributed by atoms with Gasteiger partial charge in [0.05, 0.1) is 18.8 Å². The smallest absolute Gasteiger partial charge is 0.249 e. The number of allylic oxidation sites excluding steroid dienone is 2. The van der Waals surface area contributed by atoms with E-state index in [2.05, 4.69) is 31.3 Å². The van der Waals surface area contributed by atoms with Crippen LogP contribution in [0.1, 0.15) is 239 Å². The maximum Gasteiger partial charge on any atom is 0.249 e. The van der Waals surface area contributed by atoms with Crippen molar-refractivity contribution in [1.82, 2.24) is 5.32 Å². The zero-order chi connectivity index (χ0) is 35.9. The van der Waals surface area contributed by atoms with Crippen molar-refractivity contribution in [1.29, 1.82) is 0 Å². The standard InChI is InChI=1S/C44H87NO4/c1-3-5-7-9-11-13-15-16-17-18-19-20-21-22-23-24-25-26-27-28-29-31-32-34-36-38-42(47)41(40-46)45-44(49)43(48)39-37-35-33-30-14-12-10-8-6-4-2/h10,12,41-43,46-48H,3-9,11,13-40H2,1-2H3,(H,45,49)/b12-10-. The van der Waals surface area contributed by atoms with Crippen molar-refractivity contribution in [2.45, 2.75) is 257 Å². The summed E-state index contributed by atoms with van der Waals surface area (Å²) in [6, 6.07) is -0.712. The number of nitrogens with one attached hydrogen (secondary N) is 1. The number of rotatable bonds is 40. The van der Waals surface area contributed by atoms with E-state index >= 15 is 0 Å². The van der Waals surface area contributed by atoms with E-state index in [1.54, 1.807) is 0 Å². The highest BCUT2D eigenvalue weighted by Crippen LogP contribution is 2.17. The van der Waals surface area contributed by atoms with Gasteiger partial charge in [0.1, 0.15) is 6.10 Å². The Kier molecular flexibility index (Phi) is 39.1. The molecule has 0 aliphatic carbocycles. The van der Waals surface area contributed by atoms with Crippen molar-refractivity contribution in [3.05, 3.63) is 12.2 Å². The highest BCUT2D eigenvalue weighted by molar-refractivity contribution is 5.80. The second-order valence-electron chi connectivity index (χ2n) is 15.3. The summed E-state index contributed by atoms with van der Waals surface area (Å²) in [5.74, 6) is -0.480. The van der Waals surface area contributed by atoms with Crippen LogP contribution in [0, 0.1) is 0 Å². The van der Waals surface area contributed by atoms with Crippen LogP contribution in [0.15, 0.2) is 12.2 Å². The van der Waals surface area contributed by atoms with E-state index in [9.17, 15) is 20.1 Å². The van der Waals surface area contributed by atoms with Crippen LogP contribution in [-0.2, 0) is 4.79 Å². The Morgan fingerprint density at radius 2 is 0.796 bits per heavy atom. The molecule has 0 aromatic rings. The van der Waals surface area contributed by atoms with Gasteiger partial charge >= 0.3 is 0 Å². The minimum atomic E-state index is -1.08. The van der Waals surface area contributed by atoms with Crippen molar-refractivity contribution in [3.8, 4) is 0 Å². The van der Waals surface area contributed by atoms with Gasteiger partial charge in [-0.3, -0.25) is 4.79 Å². The second-order valence-corrected chi connectivity index (χ2v) is 15.3. The van der Waals surface area contributed by atoms with Crippen molar-refractivity contribution >= 4 is 5.91 Å². The zero-order valence-corrected chi connectivity index (χ0v) is 33.1. The number of aliphatic hydroxyl groups excluding tert-OH is 3. The number of hydrogen-bond donors (Lipinski definition) is 4. The number of aliphatic hydroxyl groups is 3. The van der Waals surface area contributed by atoms with Gasteiger partial charge in [0.25, 0.3) is 0 Å². The molecule has 5 nitrogen and oxygen atoms in total. The molecule has 5 heteroatoms. The molecule has 0 saturated heterocycles. The van der Waals surface area contributed by atoms with Crippen molar-refractivity contribution < 1.29 is 20.1 Å². The average Bonchev–Trinajstić information content (AvgIpc) is 3.11. The molecule has 0 aliphatic rings. The maximum atomic E-state index is 12.4. The monoisotopic (exact) mass is 694 g/mol. The molecule has 49 heavy (non-hydrogen) atoms. The van der Waals surface area contributed by atoms with Crippen LogP contribution >= 0.6 is 0 Å². The third-order valence-corrected chi connectivity index (χ3v) is 10.4. The molecule has 0 saturated carbocycles. The molecule has 0 heterocycles.